The summed E-state index contributed by atoms with van der Waals surface area (Å²) < 4.78 is 12.8. The molecule has 174 valence electrons. The molecule has 0 spiro atoms. The Morgan fingerprint density at radius 3 is 2.67 bits per heavy atom. The maximum atomic E-state index is 12.6. The lowest BCUT2D eigenvalue weighted by atomic mass is 9.87. The number of aryl methyl sites for hydroxylation is 1. The van der Waals surface area contributed by atoms with Gasteiger partial charge in [0.15, 0.2) is 0 Å². The quantitative estimate of drug-likeness (QED) is 0.574. The fourth-order valence-corrected chi connectivity index (χ4v) is 4.42. The van der Waals surface area contributed by atoms with Crippen LogP contribution >= 0.6 is 0 Å². The number of para-hydroxylation sites is 1. The molecule has 2 aromatic carbocycles. The number of hydrogen-bond donors (Lipinski definition) is 2. The molecule has 0 saturated carbocycles. The van der Waals surface area contributed by atoms with Crippen molar-refractivity contribution in [1.82, 2.24) is 14.8 Å². The number of morpholine rings is 1. The molecular weight excluding hydrogens is 422 g/mol. The van der Waals surface area contributed by atoms with Crippen LogP contribution in [0, 0.1) is 0 Å². The Morgan fingerprint density at radius 2 is 1.94 bits per heavy atom. The van der Waals surface area contributed by atoms with Gasteiger partial charge in [-0.15, -0.1) is 0 Å². The number of nitrogens with one attached hydrogen (secondary N) is 1. The molecule has 1 saturated heterocycles. The van der Waals surface area contributed by atoms with Gasteiger partial charge in [0, 0.05) is 49.7 Å². The molecule has 1 unspecified atom stereocenters. The minimum atomic E-state index is -1.01. The van der Waals surface area contributed by atoms with Crippen LogP contribution < -0.4 is 10.1 Å². The zero-order valence-corrected chi connectivity index (χ0v) is 18.9. The Kier molecular flexibility index (Phi) is 6.84. The predicted octanol–water partition coefficient (Wildman–Crippen LogP) is 3.45. The Hall–Kier alpha value is -3.52. The van der Waals surface area contributed by atoms with Crippen LogP contribution in [0.25, 0.3) is 10.9 Å². The second-order valence-corrected chi connectivity index (χ2v) is 8.19. The van der Waals surface area contributed by atoms with E-state index in [2.05, 4.69) is 28.2 Å². The number of benzene rings is 2. The Labute approximate surface area is 192 Å². The van der Waals surface area contributed by atoms with Gasteiger partial charge in [0.2, 0.25) is 0 Å². The van der Waals surface area contributed by atoms with Gasteiger partial charge in [-0.2, -0.15) is 0 Å². The molecule has 1 aliphatic rings. The summed E-state index contributed by atoms with van der Waals surface area (Å²) in [4.78, 5) is 26.1. The molecule has 3 aromatic rings. The first-order valence-electron chi connectivity index (χ1n) is 11.0. The zero-order chi connectivity index (χ0) is 23.4. The van der Waals surface area contributed by atoms with Crippen molar-refractivity contribution in [2.45, 2.75) is 12.3 Å². The number of nitrogens with zero attached hydrogens (tertiary/aromatic N) is 2. The molecule has 0 aliphatic carbocycles. The number of rotatable bonds is 7. The number of amides is 2. The summed E-state index contributed by atoms with van der Waals surface area (Å²) in [6.45, 7) is 2.71. The number of urea groups is 1. The van der Waals surface area contributed by atoms with Gasteiger partial charge >= 0.3 is 12.0 Å². The standard InChI is InChI=1S/C25H29N3O5/c1-27-16-22(21-5-3-4-6-23(21)27)20(7-8-26-25(31)28-9-11-33-12-10-28)17-13-18(24(29)30)15-19(14-17)32-2/h3-6,13-16,20H,7-12H2,1-2H3,(H,26,31)(H,29,30). The molecule has 8 heteroatoms. The monoisotopic (exact) mass is 451 g/mol. The fraction of sp³-hybridized carbons (Fsp3) is 0.360. The van der Waals surface area contributed by atoms with Crippen molar-refractivity contribution in [2.75, 3.05) is 40.0 Å². The van der Waals surface area contributed by atoms with Gasteiger partial charge in [0.25, 0.3) is 0 Å². The third kappa shape index (κ3) is 4.96. The summed E-state index contributed by atoms with van der Waals surface area (Å²) >= 11 is 0. The summed E-state index contributed by atoms with van der Waals surface area (Å²) in [6, 6.07) is 13.1. The molecule has 8 nitrogen and oxygen atoms in total. The predicted molar refractivity (Wildman–Crippen MR) is 125 cm³/mol. The summed E-state index contributed by atoms with van der Waals surface area (Å²) in [5.41, 5.74) is 3.19. The van der Waals surface area contributed by atoms with Gasteiger partial charge in [-0.3, -0.25) is 0 Å². The van der Waals surface area contributed by atoms with E-state index in [9.17, 15) is 14.7 Å². The molecule has 4 rings (SSSR count). The van der Waals surface area contributed by atoms with E-state index in [-0.39, 0.29) is 17.5 Å². The van der Waals surface area contributed by atoms with Gasteiger partial charge < -0.3 is 29.4 Å². The van der Waals surface area contributed by atoms with Crippen molar-refractivity contribution < 1.29 is 24.2 Å². The SMILES string of the molecule is COc1cc(C(=O)O)cc(C(CCNC(=O)N2CCOCC2)c2cn(C)c3ccccc23)c1. The Bertz CT molecular complexity index is 1150. The summed E-state index contributed by atoms with van der Waals surface area (Å²) in [7, 11) is 3.53. The number of hydrogen-bond acceptors (Lipinski definition) is 4. The highest BCUT2D eigenvalue weighted by molar-refractivity contribution is 5.89. The van der Waals surface area contributed by atoms with Crippen molar-refractivity contribution >= 4 is 22.9 Å². The van der Waals surface area contributed by atoms with E-state index in [1.807, 2.05) is 25.2 Å². The average molecular weight is 452 g/mol. The molecule has 1 atom stereocenters. The highest BCUT2D eigenvalue weighted by Crippen LogP contribution is 2.36. The van der Waals surface area contributed by atoms with Gasteiger partial charge in [-0.1, -0.05) is 18.2 Å². The number of fused-ring (bicyclic) bond motifs is 1. The minimum Gasteiger partial charge on any atom is -0.497 e. The van der Waals surface area contributed by atoms with Gasteiger partial charge in [-0.25, -0.2) is 9.59 Å². The molecule has 1 fully saturated rings. The molecule has 2 N–H and O–H groups in total. The topological polar surface area (TPSA) is 93.0 Å². The molecule has 2 heterocycles. The number of ether oxygens (including phenoxy) is 2. The van der Waals surface area contributed by atoms with E-state index in [1.165, 1.54) is 13.2 Å². The first-order valence-corrected chi connectivity index (χ1v) is 11.0. The largest absolute Gasteiger partial charge is 0.497 e. The highest BCUT2D eigenvalue weighted by atomic mass is 16.5. The van der Waals surface area contributed by atoms with Gasteiger partial charge in [-0.05, 0) is 41.8 Å². The number of carbonyl (C=O) groups is 2. The summed E-state index contributed by atoms with van der Waals surface area (Å²) in [5.74, 6) is -0.644. The molecule has 2 amide bonds. The molecule has 0 bridgehead atoms. The Balaban J connectivity index is 1.66. The van der Waals surface area contributed by atoms with E-state index < -0.39 is 5.97 Å². The third-order valence-corrected chi connectivity index (χ3v) is 6.12. The van der Waals surface area contributed by atoms with Gasteiger partial charge in [0.1, 0.15) is 5.75 Å². The third-order valence-electron chi connectivity index (χ3n) is 6.12. The maximum absolute atomic E-state index is 12.6. The number of carbonyl (C=O) groups excluding carboxylic acids is 1. The second kappa shape index (κ2) is 9.95. The second-order valence-electron chi connectivity index (χ2n) is 8.19. The molecular formula is C25H29N3O5. The average Bonchev–Trinajstić information content (AvgIpc) is 3.18. The lowest BCUT2D eigenvalue weighted by molar-refractivity contribution is 0.0532. The normalized spacial score (nSPS) is 14.8. The van der Waals surface area contributed by atoms with Crippen molar-refractivity contribution in [2.24, 2.45) is 7.05 Å². The number of methoxy groups -OCH3 is 1. The summed E-state index contributed by atoms with van der Waals surface area (Å²) in [6.07, 6.45) is 2.69. The van der Waals surface area contributed by atoms with Crippen LogP contribution in [0.4, 0.5) is 4.79 Å². The number of aromatic carboxylic acids is 1. The first-order chi connectivity index (χ1) is 16.0. The number of aromatic nitrogens is 1. The maximum Gasteiger partial charge on any atom is 0.335 e. The Morgan fingerprint density at radius 1 is 1.18 bits per heavy atom. The first kappa shape index (κ1) is 22.7. The molecule has 33 heavy (non-hydrogen) atoms. The van der Waals surface area contributed by atoms with Crippen molar-refractivity contribution in [3.63, 3.8) is 0 Å². The van der Waals surface area contributed by atoms with Crippen LogP contribution in [0.2, 0.25) is 0 Å². The number of carboxylic acid groups (broad SMARTS) is 1. The van der Waals surface area contributed by atoms with Crippen LogP contribution in [0.3, 0.4) is 0 Å². The minimum absolute atomic E-state index is 0.105. The van der Waals surface area contributed by atoms with Crippen molar-refractivity contribution in [3.05, 3.63) is 65.4 Å². The van der Waals surface area contributed by atoms with E-state index >= 15 is 0 Å². The van der Waals surface area contributed by atoms with Crippen LogP contribution in [-0.4, -0.2) is 66.5 Å². The van der Waals surface area contributed by atoms with Crippen molar-refractivity contribution in [1.29, 1.82) is 0 Å². The van der Waals surface area contributed by atoms with Gasteiger partial charge in [0.05, 0.1) is 25.9 Å². The molecule has 1 aliphatic heterocycles. The lowest BCUT2D eigenvalue weighted by Gasteiger charge is -2.27. The van der Waals surface area contributed by atoms with Crippen LogP contribution in [0.1, 0.15) is 33.8 Å². The highest BCUT2D eigenvalue weighted by Gasteiger charge is 2.23. The smallest absolute Gasteiger partial charge is 0.335 e. The van der Waals surface area contributed by atoms with Crippen LogP contribution in [0.15, 0.2) is 48.7 Å². The number of carboxylic acids is 1. The molecule has 1 aromatic heterocycles. The van der Waals surface area contributed by atoms with E-state index in [0.717, 1.165) is 22.0 Å². The van der Waals surface area contributed by atoms with Crippen LogP contribution in [0.5, 0.6) is 5.75 Å². The van der Waals surface area contributed by atoms with E-state index in [4.69, 9.17) is 9.47 Å². The van der Waals surface area contributed by atoms with E-state index in [0.29, 0.717) is 45.0 Å². The molecule has 0 radical (unpaired) electrons. The summed E-state index contributed by atoms with van der Waals surface area (Å²) in [5, 5.41) is 13.7. The fourth-order valence-electron chi connectivity index (χ4n) is 4.42. The van der Waals surface area contributed by atoms with Crippen molar-refractivity contribution in [3.8, 4) is 5.75 Å². The van der Waals surface area contributed by atoms with E-state index in [1.54, 1.807) is 11.0 Å². The lowest BCUT2D eigenvalue weighted by Crippen LogP contribution is -2.46. The zero-order valence-electron chi connectivity index (χ0n) is 18.9. The van der Waals surface area contributed by atoms with Crippen LogP contribution in [-0.2, 0) is 11.8 Å².